The Balaban J connectivity index is 2.27. The van der Waals surface area contributed by atoms with Crippen LogP contribution < -0.4 is 5.73 Å². The molecular weight excluding hydrogens is 210 g/mol. The van der Waals surface area contributed by atoms with Gasteiger partial charge in [0.15, 0.2) is 0 Å². The van der Waals surface area contributed by atoms with Crippen LogP contribution in [-0.4, -0.2) is 17.8 Å². The van der Waals surface area contributed by atoms with Gasteiger partial charge in [0.2, 0.25) is 0 Å². The van der Waals surface area contributed by atoms with Crippen LogP contribution in [0.15, 0.2) is 0 Å². The third-order valence-electron chi connectivity index (χ3n) is 4.58. The number of unbranched alkanes of at least 4 members (excludes halogenated alkanes) is 4. The minimum atomic E-state index is -0.168. The number of rotatable bonds is 8. The second-order valence-electron chi connectivity index (χ2n) is 6.13. The smallest absolute Gasteiger partial charge is 0.0608 e. The van der Waals surface area contributed by atoms with E-state index in [9.17, 15) is 5.11 Å². The molecule has 0 radical (unpaired) electrons. The Morgan fingerprint density at radius 2 is 2.00 bits per heavy atom. The first kappa shape index (κ1) is 15.0. The van der Waals surface area contributed by atoms with Gasteiger partial charge in [0.05, 0.1) is 6.10 Å². The highest BCUT2D eigenvalue weighted by atomic mass is 16.3. The lowest BCUT2D eigenvalue weighted by molar-refractivity contribution is 0.0237. The SMILES string of the molecule is CCCCCCCC(O)C1(CN)CCC(C)C1. The molecule has 0 spiro atoms. The lowest BCUT2D eigenvalue weighted by Crippen LogP contribution is -2.39. The number of aliphatic hydroxyl groups excluding tert-OH is 1. The quantitative estimate of drug-likeness (QED) is 0.639. The lowest BCUT2D eigenvalue weighted by atomic mass is 9.77. The number of hydrogen-bond donors (Lipinski definition) is 2. The molecule has 3 N–H and O–H groups in total. The van der Waals surface area contributed by atoms with Crippen LogP contribution in [0.2, 0.25) is 0 Å². The summed E-state index contributed by atoms with van der Waals surface area (Å²) in [5.41, 5.74) is 5.97. The van der Waals surface area contributed by atoms with Crippen LogP contribution in [0.5, 0.6) is 0 Å². The molecule has 1 aliphatic rings. The topological polar surface area (TPSA) is 46.2 Å². The Labute approximate surface area is 107 Å². The van der Waals surface area contributed by atoms with Crippen molar-refractivity contribution >= 4 is 0 Å². The molecule has 1 fully saturated rings. The Hall–Kier alpha value is -0.0800. The highest BCUT2D eigenvalue weighted by molar-refractivity contribution is 4.93. The third-order valence-corrected chi connectivity index (χ3v) is 4.58. The summed E-state index contributed by atoms with van der Waals surface area (Å²) < 4.78 is 0. The molecule has 1 saturated carbocycles. The average molecular weight is 241 g/mol. The van der Waals surface area contributed by atoms with E-state index in [1.165, 1.54) is 32.1 Å². The van der Waals surface area contributed by atoms with E-state index in [0.29, 0.717) is 6.54 Å². The van der Waals surface area contributed by atoms with Crippen LogP contribution in [0.25, 0.3) is 0 Å². The van der Waals surface area contributed by atoms with Crippen molar-refractivity contribution in [2.75, 3.05) is 6.54 Å². The fraction of sp³-hybridized carbons (Fsp3) is 1.00. The van der Waals surface area contributed by atoms with E-state index >= 15 is 0 Å². The van der Waals surface area contributed by atoms with E-state index in [0.717, 1.165) is 31.6 Å². The van der Waals surface area contributed by atoms with Crippen molar-refractivity contribution in [1.82, 2.24) is 0 Å². The van der Waals surface area contributed by atoms with Crippen molar-refractivity contribution < 1.29 is 5.11 Å². The van der Waals surface area contributed by atoms with Crippen molar-refractivity contribution in [3.8, 4) is 0 Å². The first-order chi connectivity index (χ1) is 8.14. The Kier molecular flexibility index (Phi) is 6.50. The zero-order chi connectivity index (χ0) is 12.7. The predicted molar refractivity (Wildman–Crippen MR) is 73.9 cm³/mol. The highest BCUT2D eigenvalue weighted by Crippen LogP contribution is 2.44. The molecule has 0 heterocycles. The van der Waals surface area contributed by atoms with E-state index in [4.69, 9.17) is 5.73 Å². The van der Waals surface area contributed by atoms with Gasteiger partial charge in [-0.3, -0.25) is 0 Å². The van der Waals surface area contributed by atoms with Crippen molar-refractivity contribution in [3.63, 3.8) is 0 Å². The maximum Gasteiger partial charge on any atom is 0.0608 e. The van der Waals surface area contributed by atoms with Gasteiger partial charge in [-0.05, 0) is 25.2 Å². The Morgan fingerprint density at radius 3 is 2.53 bits per heavy atom. The van der Waals surface area contributed by atoms with Gasteiger partial charge in [0, 0.05) is 12.0 Å². The molecule has 2 heteroatoms. The molecule has 102 valence electrons. The maximum absolute atomic E-state index is 10.4. The largest absolute Gasteiger partial charge is 0.393 e. The van der Waals surface area contributed by atoms with Crippen LogP contribution in [0.3, 0.4) is 0 Å². The summed E-state index contributed by atoms with van der Waals surface area (Å²) >= 11 is 0. The predicted octanol–water partition coefficient (Wildman–Crippen LogP) is 3.47. The summed E-state index contributed by atoms with van der Waals surface area (Å²) in [4.78, 5) is 0. The minimum Gasteiger partial charge on any atom is -0.393 e. The van der Waals surface area contributed by atoms with E-state index < -0.39 is 0 Å². The molecule has 1 aliphatic carbocycles. The molecule has 3 unspecified atom stereocenters. The first-order valence-corrected chi connectivity index (χ1v) is 7.52. The zero-order valence-corrected chi connectivity index (χ0v) is 11.8. The van der Waals surface area contributed by atoms with Crippen molar-refractivity contribution in [2.45, 2.75) is 77.7 Å². The fourth-order valence-corrected chi connectivity index (χ4v) is 3.30. The second kappa shape index (κ2) is 7.38. The van der Waals surface area contributed by atoms with Crippen molar-refractivity contribution in [3.05, 3.63) is 0 Å². The van der Waals surface area contributed by atoms with Gasteiger partial charge in [-0.2, -0.15) is 0 Å². The van der Waals surface area contributed by atoms with Crippen molar-refractivity contribution in [1.29, 1.82) is 0 Å². The zero-order valence-electron chi connectivity index (χ0n) is 11.8. The number of hydrogen-bond acceptors (Lipinski definition) is 2. The summed E-state index contributed by atoms with van der Waals surface area (Å²) in [6.45, 7) is 5.18. The molecule has 2 nitrogen and oxygen atoms in total. The maximum atomic E-state index is 10.4. The molecule has 17 heavy (non-hydrogen) atoms. The van der Waals surface area contributed by atoms with E-state index in [2.05, 4.69) is 13.8 Å². The lowest BCUT2D eigenvalue weighted by Gasteiger charge is -2.33. The van der Waals surface area contributed by atoms with Gasteiger partial charge in [-0.15, -0.1) is 0 Å². The van der Waals surface area contributed by atoms with Gasteiger partial charge < -0.3 is 10.8 Å². The Morgan fingerprint density at radius 1 is 1.29 bits per heavy atom. The molecule has 0 aromatic rings. The van der Waals surface area contributed by atoms with Gasteiger partial charge >= 0.3 is 0 Å². The molecule has 3 atom stereocenters. The van der Waals surface area contributed by atoms with Crippen LogP contribution in [0, 0.1) is 11.3 Å². The normalized spacial score (nSPS) is 30.7. The second-order valence-corrected chi connectivity index (χ2v) is 6.13. The summed E-state index contributed by atoms with van der Waals surface area (Å²) in [5, 5.41) is 10.4. The highest BCUT2D eigenvalue weighted by Gasteiger charge is 2.41. The molecule has 0 amide bonds. The average Bonchev–Trinajstić information content (AvgIpc) is 2.72. The molecule has 0 aromatic carbocycles. The van der Waals surface area contributed by atoms with Gasteiger partial charge in [-0.25, -0.2) is 0 Å². The van der Waals surface area contributed by atoms with Gasteiger partial charge in [-0.1, -0.05) is 52.4 Å². The summed E-state index contributed by atoms with van der Waals surface area (Å²) in [7, 11) is 0. The van der Waals surface area contributed by atoms with Gasteiger partial charge in [0.1, 0.15) is 0 Å². The minimum absolute atomic E-state index is 0.0458. The number of nitrogens with two attached hydrogens (primary N) is 1. The van der Waals surface area contributed by atoms with E-state index in [1.54, 1.807) is 0 Å². The standard InChI is InChI=1S/C15H31NO/c1-3-4-5-6-7-8-14(17)15(12-16)10-9-13(2)11-15/h13-14,17H,3-12,16H2,1-2H3. The third kappa shape index (κ3) is 4.26. The molecule has 0 saturated heterocycles. The molecule has 0 bridgehead atoms. The first-order valence-electron chi connectivity index (χ1n) is 7.52. The Bertz CT molecular complexity index is 207. The summed E-state index contributed by atoms with van der Waals surface area (Å²) in [5.74, 6) is 0.744. The molecule has 0 aliphatic heterocycles. The fourth-order valence-electron chi connectivity index (χ4n) is 3.30. The molecule has 1 rings (SSSR count). The monoisotopic (exact) mass is 241 g/mol. The van der Waals surface area contributed by atoms with Crippen LogP contribution in [-0.2, 0) is 0 Å². The molecule has 0 aromatic heterocycles. The van der Waals surface area contributed by atoms with Crippen LogP contribution in [0.1, 0.15) is 71.6 Å². The summed E-state index contributed by atoms with van der Waals surface area (Å²) in [6, 6.07) is 0. The van der Waals surface area contributed by atoms with E-state index in [-0.39, 0.29) is 11.5 Å². The summed E-state index contributed by atoms with van der Waals surface area (Å²) in [6.07, 6.45) is 10.6. The van der Waals surface area contributed by atoms with Crippen LogP contribution in [0.4, 0.5) is 0 Å². The number of aliphatic hydroxyl groups is 1. The van der Waals surface area contributed by atoms with Gasteiger partial charge in [0.25, 0.3) is 0 Å². The molecular formula is C15H31NO. The van der Waals surface area contributed by atoms with Crippen molar-refractivity contribution in [2.24, 2.45) is 17.1 Å². The van der Waals surface area contributed by atoms with E-state index in [1.807, 2.05) is 0 Å². The van der Waals surface area contributed by atoms with Crippen LogP contribution >= 0.6 is 0 Å².